The molecule has 5 heteroatoms. The number of aliphatic hydroxyl groups excluding tert-OH is 1. The van der Waals surface area contributed by atoms with E-state index in [1.807, 2.05) is 13.8 Å². The molecule has 1 fully saturated rings. The van der Waals surface area contributed by atoms with Crippen molar-refractivity contribution in [1.29, 1.82) is 0 Å². The normalized spacial score (nSPS) is 23.3. The van der Waals surface area contributed by atoms with Crippen LogP contribution in [0.15, 0.2) is 0 Å². The molecule has 0 aliphatic heterocycles. The van der Waals surface area contributed by atoms with Gasteiger partial charge in [-0.05, 0) is 57.3 Å². The first-order valence-electron chi connectivity index (χ1n) is 12.2. The molecule has 0 heterocycles. The minimum Gasteiger partial charge on any atom is -0.481 e. The quantitative estimate of drug-likeness (QED) is 0.306. The molecule has 0 bridgehead atoms. The first-order valence-corrected chi connectivity index (χ1v) is 12.2. The number of ketones is 1. The van der Waals surface area contributed by atoms with Gasteiger partial charge in [0.1, 0.15) is 5.78 Å². The van der Waals surface area contributed by atoms with Crippen LogP contribution in [0.3, 0.4) is 0 Å². The molecule has 4 atom stereocenters. The minimum absolute atomic E-state index is 0.0131. The van der Waals surface area contributed by atoms with Crippen LogP contribution in [0.2, 0.25) is 0 Å². The fourth-order valence-corrected chi connectivity index (χ4v) is 4.79. The summed E-state index contributed by atoms with van der Waals surface area (Å²) in [4.78, 5) is 23.4. The van der Waals surface area contributed by atoms with Gasteiger partial charge in [0.2, 0.25) is 0 Å². The molecule has 30 heavy (non-hydrogen) atoms. The number of carboxylic acid groups (broad SMARTS) is 1. The van der Waals surface area contributed by atoms with Crippen LogP contribution in [0.25, 0.3) is 0 Å². The molecule has 0 aromatic heterocycles. The number of carbonyl (C=O) groups is 2. The molecule has 0 radical (unpaired) electrons. The van der Waals surface area contributed by atoms with Crippen molar-refractivity contribution in [3.8, 4) is 0 Å². The van der Waals surface area contributed by atoms with Crippen LogP contribution in [0, 0.1) is 17.3 Å². The summed E-state index contributed by atoms with van der Waals surface area (Å²) in [5, 5.41) is 19.6. The molecule has 1 aliphatic rings. The number of aliphatic carboxylic acids is 1. The highest BCUT2D eigenvalue weighted by Gasteiger charge is 2.43. The number of hydrogen-bond acceptors (Lipinski definition) is 4. The number of unbranched alkanes of at least 4 members (excludes halogenated alkanes) is 4. The van der Waals surface area contributed by atoms with Crippen LogP contribution in [0.5, 0.6) is 0 Å². The third-order valence-electron chi connectivity index (χ3n) is 6.76. The van der Waals surface area contributed by atoms with Crippen molar-refractivity contribution in [3.05, 3.63) is 0 Å². The van der Waals surface area contributed by atoms with E-state index >= 15 is 0 Å². The molecule has 1 aliphatic carbocycles. The third kappa shape index (κ3) is 9.47. The second-order valence-corrected chi connectivity index (χ2v) is 10.2. The van der Waals surface area contributed by atoms with E-state index < -0.39 is 5.97 Å². The Balaban J connectivity index is 2.64. The van der Waals surface area contributed by atoms with Crippen molar-refractivity contribution in [1.82, 2.24) is 0 Å². The first kappa shape index (κ1) is 27.1. The third-order valence-corrected chi connectivity index (χ3v) is 6.76. The van der Waals surface area contributed by atoms with Crippen LogP contribution in [0.4, 0.5) is 0 Å². The zero-order valence-corrected chi connectivity index (χ0v) is 20.0. The maximum atomic E-state index is 12.7. The van der Waals surface area contributed by atoms with Crippen LogP contribution in [-0.2, 0) is 14.3 Å². The van der Waals surface area contributed by atoms with Crippen molar-refractivity contribution in [3.63, 3.8) is 0 Å². The molecular weight excluding hydrogens is 380 g/mol. The average molecular weight is 427 g/mol. The average Bonchev–Trinajstić information content (AvgIpc) is 2.94. The SMILES string of the molecule is CCCCC(C)(C)C(O)CC[C@H]1[C@H](OC(C)C)CC(=O)[C@@H]1CCCCCCC(=O)O. The minimum atomic E-state index is -0.741. The summed E-state index contributed by atoms with van der Waals surface area (Å²) in [5.74, 6) is -0.249. The van der Waals surface area contributed by atoms with Crippen LogP contribution >= 0.6 is 0 Å². The maximum Gasteiger partial charge on any atom is 0.303 e. The van der Waals surface area contributed by atoms with Crippen LogP contribution in [-0.4, -0.2) is 40.3 Å². The number of Topliss-reactive ketones (excluding diaryl/α,β-unsaturated/α-hetero) is 1. The van der Waals surface area contributed by atoms with Gasteiger partial charge in [0.15, 0.2) is 0 Å². The van der Waals surface area contributed by atoms with E-state index in [2.05, 4.69) is 20.8 Å². The van der Waals surface area contributed by atoms with Gasteiger partial charge in [0.05, 0.1) is 18.3 Å². The van der Waals surface area contributed by atoms with Crippen molar-refractivity contribution < 1.29 is 24.5 Å². The summed E-state index contributed by atoms with van der Waals surface area (Å²) in [6.45, 7) is 10.5. The van der Waals surface area contributed by atoms with Gasteiger partial charge >= 0.3 is 5.97 Å². The molecule has 0 spiro atoms. The topological polar surface area (TPSA) is 83.8 Å². The number of ether oxygens (including phenoxy) is 1. The van der Waals surface area contributed by atoms with Crippen molar-refractivity contribution in [2.75, 3.05) is 0 Å². The Bertz CT molecular complexity index is 514. The summed E-state index contributed by atoms with van der Waals surface area (Å²) < 4.78 is 6.11. The summed E-state index contributed by atoms with van der Waals surface area (Å²) in [7, 11) is 0. The van der Waals surface area contributed by atoms with Gasteiger partial charge in [-0.1, -0.05) is 52.9 Å². The molecule has 1 unspecified atom stereocenters. The highest BCUT2D eigenvalue weighted by Crippen LogP contribution is 2.40. The van der Waals surface area contributed by atoms with E-state index in [0.29, 0.717) is 25.0 Å². The predicted molar refractivity (Wildman–Crippen MR) is 120 cm³/mol. The van der Waals surface area contributed by atoms with Gasteiger partial charge in [-0.25, -0.2) is 0 Å². The summed E-state index contributed by atoms with van der Waals surface area (Å²) in [5.41, 5.74) is -0.105. The lowest BCUT2D eigenvalue weighted by Crippen LogP contribution is -2.32. The molecular formula is C25H46O5. The Labute approximate surface area is 184 Å². The standard InChI is InChI=1S/C25H46O5/c1-6-7-16-25(4,5)23(27)15-14-20-19(12-10-8-9-11-13-24(28)29)21(26)17-22(20)30-18(2)3/h18-20,22-23,27H,6-17H2,1-5H3,(H,28,29)/t19-,20-,22-,23?/m1/s1. The number of rotatable bonds is 16. The Kier molecular flexibility index (Phi) is 12.2. The zero-order valence-electron chi connectivity index (χ0n) is 20.0. The van der Waals surface area contributed by atoms with Gasteiger partial charge in [-0.3, -0.25) is 9.59 Å². The van der Waals surface area contributed by atoms with E-state index in [1.54, 1.807) is 0 Å². The number of carbonyl (C=O) groups excluding carboxylic acids is 1. The van der Waals surface area contributed by atoms with Crippen molar-refractivity contribution in [2.45, 2.75) is 130 Å². The van der Waals surface area contributed by atoms with E-state index in [-0.39, 0.29) is 42.0 Å². The fraction of sp³-hybridized carbons (Fsp3) is 0.920. The Morgan fingerprint density at radius 2 is 1.80 bits per heavy atom. The Morgan fingerprint density at radius 1 is 1.13 bits per heavy atom. The molecule has 1 rings (SSSR count). The molecule has 0 aromatic carbocycles. The summed E-state index contributed by atoms with van der Waals surface area (Å²) in [6.07, 6.45) is 9.56. The highest BCUT2D eigenvalue weighted by atomic mass is 16.5. The first-order chi connectivity index (χ1) is 14.1. The Hall–Kier alpha value is -0.940. The zero-order chi connectivity index (χ0) is 22.7. The van der Waals surface area contributed by atoms with Gasteiger partial charge < -0.3 is 14.9 Å². The van der Waals surface area contributed by atoms with Crippen molar-refractivity contribution >= 4 is 11.8 Å². The molecule has 176 valence electrons. The number of aliphatic hydroxyl groups is 1. The summed E-state index contributed by atoms with van der Waals surface area (Å²) in [6, 6.07) is 0. The largest absolute Gasteiger partial charge is 0.481 e. The molecule has 0 aromatic rings. The maximum absolute atomic E-state index is 12.7. The summed E-state index contributed by atoms with van der Waals surface area (Å²) >= 11 is 0. The number of carboxylic acids is 1. The van der Waals surface area contributed by atoms with Gasteiger partial charge in [-0.15, -0.1) is 0 Å². The van der Waals surface area contributed by atoms with E-state index in [0.717, 1.165) is 51.4 Å². The molecule has 1 saturated carbocycles. The van der Waals surface area contributed by atoms with E-state index in [1.165, 1.54) is 0 Å². The van der Waals surface area contributed by atoms with E-state index in [4.69, 9.17) is 9.84 Å². The van der Waals surface area contributed by atoms with Gasteiger partial charge in [0.25, 0.3) is 0 Å². The lowest BCUT2D eigenvalue weighted by atomic mass is 9.77. The van der Waals surface area contributed by atoms with Gasteiger partial charge in [0, 0.05) is 18.8 Å². The monoisotopic (exact) mass is 426 g/mol. The second-order valence-electron chi connectivity index (χ2n) is 10.2. The Morgan fingerprint density at radius 3 is 2.40 bits per heavy atom. The van der Waals surface area contributed by atoms with Crippen LogP contribution in [0.1, 0.15) is 112 Å². The molecule has 0 amide bonds. The lowest BCUT2D eigenvalue weighted by molar-refractivity contribution is -0.137. The fourth-order valence-electron chi connectivity index (χ4n) is 4.79. The van der Waals surface area contributed by atoms with Crippen molar-refractivity contribution in [2.24, 2.45) is 17.3 Å². The molecule has 0 saturated heterocycles. The highest BCUT2D eigenvalue weighted by molar-refractivity contribution is 5.84. The second kappa shape index (κ2) is 13.5. The van der Waals surface area contributed by atoms with E-state index in [9.17, 15) is 14.7 Å². The molecule has 5 nitrogen and oxygen atoms in total. The van der Waals surface area contributed by atoms with Crippen LogP contribution < -0.4 is 0 Å². The predicted octanol–water partition coefficient (Wildman–Crippen LogP) is 5.77. The van der Waals surface area contributed by atoms with Gasteiger partial charge in [-0.2, -0.15) is 0 Å². The lowest BCUT2D eigenvalue weighted by Gasteiger charge is -2.33. The number of hydrogen-bond donors (Lipinski definition) is 2. The smallest absolute Gasteiger partial charge is 0.303 e. The molecule has 2 N–H and O–H groups in total.